The van der Waals surface area contributed by atoms with Crippen LogP contribution in [0.25, 0.3) is 0 Å². The molecule has 6 heteroatoms. The molecule has 0 saturated heterocycles. The van der Waals surface area contributed by atoms with Crippen LogP contribution >= 0.6 is 0 Å². The molecule has 0 aliphatic heterocycles. The van der Waals surface area contributed by atoms with E-state index in [-0.39, 0.29) is 23.6 Å². The molecule has 0 bridgehead atoms. The zero-order valence-corrected chi connectivity index (χ0v) is 17.4. The number of nitrogens with zero attached hydrogens (tertiary/aromatic N) is 2. The number of amides is 2. The molecule has 160 valence electrons. The van der Waals surface area contributed by atoms with Gasteiger partial charge < -0.3 is 14.6 Å². The van der Waals surface area contributed by atoms with E-state index in [1.165, 1.54) is 6.26 Å². The summed E-state index contributed by atoms with van der Waals surface area (Å²) in [5.74, 6) is -0.264. The summed E-state index contributed by atoms with van der Waals surface area (Å²) >= 11 is 0. The van der Waals surface area contributed by atoms with Crippen molar-refractivity contribution in [3.8, 4) is 0 Å². The lowest BCUT2D eigenvalue weighted by atomic mass is 10.0. The number of carbonyl (C=O) groups is 2. The Hall–Kier alpha value is -3.41. The summed E-state index contributed by atoms with van der Waals surface area (Å²) in [7, 11) is 0. The molecule has 1 atom stereocenters. The van der Waals surface area contributed by atoms with Gasteiger partial charge in [0.2, 0.25) is 5.91 Å². The first-order valence-electron chi connectivity index (χ1n) is 10.8. The molecule has 2 amide bonds. The predicted octanol–water partition coefficient (Wildman–Crippen LogP) is 4.16. The smallest absolute Gasteiger partial charge is 0.290 e. The van der Waals surface area contributed by atoms with Crippen molar-refractivity contribution in [2.24, 2.45) is 0 Å². The van der Waals surface area contributed by atoms with E-state index in [4.69, 9.17) is 4.42 Å². The molecule has 31 heavy (non-hydrogen) atoms. The van der Waals surface area contributed by atoms with Gasteiger partial charge in [-0.3, -0.25) is 14.6 Å². The van der Waals surface area contributed by atoms with E-state index in [9.17, 15) is 9.59 Å². The Labute approximate surface area is 182 Å². The quantitative estimate of drug-likeness (QED) is 0.597. The average molecular weight is 418 g/mol. The van der Waals surface area contributed by atoms with E-state index in [0.717, 1.165) is 31.2 Å². The van der Waals surface area contributed by atoms with Crippen molar-refractivity contribution in [3.63, 3.8) is 0 Å². The summed E-state index contributed by atoms with van der Waals surface area (Å²) in [5.41, 5.74) is 1.78. The molecule has 6 nitrogen and oxygen atoms in total. The predicted molar refractivity (Wildman–Crippen MR) is 117 cm³/mol. The zero-order valence-electron chi connectivity index (χ0n) is 17.4. The molecule has 2 heterocycles. The molecule has 3 aromatic rings. The summed E-state index contributed by atoms with van der Waals surface area (Å²) in [5, 5.41) is 3.17. The Morgan fingerprint density at radius 3 is 2.55 bits per heavy atom. The molecule has 1 aliphatic rings. The highest BCUT2D eigenvalue weighted by molar-refractivity contribution is 5.96. The largest absolute Gasteiger partial charge is 0.459 e. The lowest BCUT2D eigenvalue weighted by Crippen LogP contribution is -2.46. The molecule has 1 aliphatic carbocycles. The highest BCUT2D eigenvalue weighted by Gasteiger charge is 2.34. The lowest BCUT2D eigenvalue weighted by Gasteiger charge is -2.31. The van der Waals surface area contributed by atoms with Crippen LogP contribution < -0.4 is 5.32 Å². The molecule has 1 saturated carbocycles. The van der Waals surface area contributed by atoms with Crippen molar-refractivity contribution in [1.82, 2.24) is 15.2 Å². The van der Waals surface area contributed by atoms with Crippen LogP contribution in [-0.4, -0.2) is 34.3 Å². The molecule has 4 rings (SSSR count). The molecular weight excluding hydrogens is 390 g/mol. The van der Waals surface area contributed by atoms with E-state index < -0.39 is 6.04 Å². The van der Waals surface area contributed by atoms with E-state index in [1.807, 2.05) is 36.4 Å². The van der Waals surface area contributed by atoms with E-state index in [0.29, 0.717) is 18.5 Å². The standard InChI is InChI=1S/C25H27N3O3/c29-24(27-21-11-4-5-12-21)23(20-10-6-15-26-18-20)28(25(30)22-13-7-17-31-22)16-14-19-8-2-1-3-9-19/h1-3,6-10,13,15,17-18,21,23H,4-5,11-12,14,16H2,(H,27,29)/t23-/m1/s1. The number of furan rings is 1. The average Bonchev–Trinajstić information content (AvgIpc) is 3.52. The first-order chi connectivity index (χ1) is 15.2. The minimum absolute atomic E-state index is 0.154. The van der Waals surface area contributed by atoms with Crippen LogP contribution in [0.3, 0.4) is 0 Å². The van der Waals surface area contributed by atoms with Crippen molar-refractivity contribution in [2.75, 3.05) is 6.54 Å². The number of aromatic nitrogens is 1. The number of hydrogen-bond donors (Lipinski definition) is 1. The van der Waals surface area contributed by atoms with E-state index in [2.05, 4.69) is 10.3 Å². The van der Waals surface area contributed by atoms with Crippen LogP contribution in [0, 0.1) is 0 Å². The number of hydrogen-bond acceptors (Lipinski definition) is 4. The number of pyridine rings is 1. The van der Waals surface area contributed by atoms with Gasteiger partial charge in [-0.25, -0.2) is 0 Å². The second kappa shape index (κ2) is 10.1. The van der Waals surface area contributed by atoms with Gasteiger partial charge in [-0.2, -0.15) is 0 Å². The minimum Gasteiger partial charge on any atom is -0.459 e. The normalized spacial score (nSPS) is 14.8. The van der Waals surface area contributed by atoms with Gasteiger partial charge in [-0.15, -0.1) is 0 Å². The van der Waals surface area contributed by atoms with Crippen LogP contribution in [0.15, 0.2) is 77.7 Å². The molecular formula is C25H27N3O3. The number of carbonyl (C=O) groups excluding carboxylic acids is 2. The van der Waals surface area contributed by atoms with E-state index in [1.54, 1.807) is 35.5 Å². The van der Waals surface area contributed by atoms with Crippen LogP contribution in [0.5, 0.6) is 0 Å². The van der Waals surface area contributed by atoms with Gasteiger partial charge in [0.1, 0.15) is 6.04 Å². The van der Waals surface area contributed by atoms with Gasteiger partial charge in [-0.05, 0) is 43.0 Å². The summed E-state index contributed by atoms with van der Waals surface area (Å²) in [6.07, 6.45) is 9.60. The van der Waals surface area contributed by atoms with Crippen molar-refractivity contribution < 1.29 is 14.0 Å². The van der Waals surface area contributed by atoms with Gasteiger partial charge in [0.05, 0.1) is 6.26 Å². The van der Waals surface area contributed by atoms with Crippen LogP contribution in [0.4, 0.5) is 0 Å². The molecule has 1 aromatic carbocycles. The van der Waals surface area contributed by atoms with Crippen molar-refractivity contribution >= 4 is 11.8 Å². The Balaban J connectivity index is 1.65. The SMILES string of the molecule is O=C(NC1CCCC1)[C@@H](c1cccnc1)N(CCc1ccccc1)C(=O)c1ccco1. The zero-order chi connectivity index (χ0) is 21.5. The number of rotatable bonds is 8. The molecule has 0 unspecified atom stereocenters. The summed E-state index contributed by atoms with van der Waals surface area (Å²) in [6.45, 7) is 0.376. The molecule has 1 N–H and O–H groups in total. The van der Waals surface area contributed by atoms with Crippen molar-refractivity contribution in [2.45, 2.75) is 44.2 Å². The Bertz CT molecular complexity index is 968. The summed E-state index contributed by atoms with van der Waals surface area (Å²) in [6, 6.07) is 16.3. The maximum absolute atomic E-state index is 13.5. The molecule has 0 radical (unpaired) electrons. The first-order valence-corrected chi connectivity index (χ1v) is 10.8. The highest BCUT2D eigenvalue weighted by Crippen LogP contribution is 2.26. The first kappa shape index (κ1) is 20.8. The third-order valence-electron chi connectivity index (χ3n) is 5.74. The van der Waals surface area contributed by atoms with Gasteiger partial charge in [-0.1, -0.05) is 49.2 Å². The molecule has 1 fully saturated rings. The molecule has 0 spiro atoms. The summed E-state index contributed by atoms with van der Waals surface area (Å²) in [4.78, 5) is 32.7. The summed E-state index contributed by atoms with van der Waals surface area (Å²) < 4.78 is 5.39. The second-order valence-electron chi connectivity index (χ2n) is 7.89. The minimum atomic E-state index is -0.782. The lowest BCUT2D eigenvalue weighted by molar-refractivity contribution is -0.126. The number of nitrogens with one attached hydrogen (secondary N) is 1. The monoisotopic (exact) mass is 417 g/mol. The van der Waals surface area contributed by atoms with Crippen LogP contribution in [0.2, 0.25) is 0 Å². The molecule has 2 aromatic heterocycles. The number of benzene rings is 1. The third-order valence-corrected chi connectivity index (χ3v) is 5.74. The highest BCUT2D eigenvalue weighted by atomic mass is 16.3. The van der Waals surface area contributed by atoms with Gasteiger partial charge in [0, 0.05) is 30.5 Å². The Kier molecular flexibility index (Phi) is 6.77. The Morgan fingerprint density at radius 2 is 1.87 bits per heavy atom. The fraction of sp³-hybridized carbons (Fsp3) is 0.320. The van der Waals surface area contributed by atoms with Crippen LogP contribution in [-0.2, 0) is 11.2 Å². The van der Waals surface area contributed by atoms with Gasteiger partial charge >= 0.3 is 0 Å². The Morgan fingerprint density at radius 1 is 1.06 bits per heavy atom. The van der Waals surface area contributed by atoms with Gasteiger partial charge in [0.15, 0.2) is 5.76 Å². The van der Waals surface area contributed by atoms with Crippen LogP contribution in [0.1, 0.15) is 53.4 Å². The van der Waals surface area contributed by atoms with Crippen molar-refractivity contribution in [1.29, 1.82) is 0 Å². The topological polar surface area (TPSA) is 75.4 Å². The fourth-order valence-electron chi connectivity index (χ4n) is 4.14. The van der Waals surface area contributed by atoms with E-state index >= 15 is 0 Å². The third kappa shape index (κ3) is 5.20. The fourth-order valence-corrected chi connectivity index (χ4v) is 4.14. The second-order valence-corrected chi connectivity index (χ2v) is 7.89. The maximum Gasteiger partial charge on any atom is 0.290 e. The van der Waals surface area contributed by atoms with Crippen molar-refractivity contribution in [3.05, 3.63) is 90.1 Å². The maximum atomic E-state index is 13.5. The van der Waals surface area contributed by atoms with Gasteiger partial charge in [0.25, 0.3) is 5.91 Å².